The first-order valence-corrected chi connectivity index (χ1v) is 6.45. The Kier molecular flexibility index (Phi) is 2.74. The lowest BCUT2D eigenvalue weighted by molar-refractivity contribution is -0.141. The third kappa shape index (κ3) is 1.86. The van der Waals surface area contributed by atoms with Gasteiger partial charge in [0, 0.05) is 31.9 Å². The van der Waals surface area contributed by atoms with E-state index >= 15 is 0 Å². The van der Waals surface area contributed by atoms with Crippen molar-refractivity contribution >= 4 is 11.7 Å². The van der Waals surface area contributed by atoms with Gasteiger partial charge in [-0.15, -0.1) is 0 Å². The molecule has 2 unspecified atom stereocenters. The standard InChI is InChI=1S/C14H18N2O2/c1-16-5-4-9-2-3-10(7-13(9)16)12-6-11(8-15-12)14(17)18/h2-3,7,11-12,15H,4-6,8H2,1H3,(H,17,18). The van der Waals surface area contributed by atoms with Crippen molar-refractivity contribution < 1.29 is 9.90 Å². The number of fused-ring (bicyclic) bond motifs is 1. The lowest BCUT2D eigenvalue weighted by atomic mass is 9.98. The van der Waals surface area contributed by atoms with Gasteiger partial charge in [0.1, 0.15) is 0 Å². The van der Waals surface area contributed by atoms with Crippen LogP contribution >= 0.6 is 0 Å². The van der Waals surface area contributed by atoms with Crippen LogP contribution in [0, 0.1) is 5.92 Å². The van der Waals surface area contributed by atoms with Crippen molar-refractivity contribution in [1.29, 1.82) is 0 Å². The normalized spacial score (nSPS) is 26.4. The van der Waals surface area contributed by atoms with Crippen LogP contribution in [0.3, 0.4) is 0 Å². The predicted molar refractivity (Wildman–Crippen MR) is 69.9 cm³/mol. The van der Waals surface area contributed by atoms with Crippen molar-refractivity contribution in [1.82, 2.24) is 5.32 Å². The first-order chi connectivity index (χ1) is 8.65. The van der Waals surface area contributed by atoms with Crippen molar-refractivity contribution in [3.8, 4) is 0 Å². The Hall–Kier alpha value is -1.55. The quantitative estimate of drug-likeness (QED) is 0.828. The van der Waals surface area contributed by atoms with Gasteiger partial charge in [-0.25, -0.2) is 0 Å². The van der Waals surface area contributed by atoms with Crippen LogP contribution in [0.1, 0.15) is 23.6 Å². The number of anilines is 1. The molecule has 18 heavy (non-hydrogen) atoms. The first-order valence-electron chi connectivity index (χ1n) is 6.45. The van der Waals surface area contributed by atoms with E-state index in [9.17, 15) is 4.79 Å². The highest BCUT2D eigenvalue weighted by Crippen LogP contribution is 2.33. The molecule has 1 fully saturated rings. The number of aliphatic carboxylic acids is 1. The van der Waals surface area contributed by atoms with Crippen LogP contribution in [0.15, 0.2) is 18.2 Å². The minimum absolute atomic E-state index is 0.186. The molecule has 0 bridgehead atoms. The number of carboxylic acids is 1. The van der Waals surface area contributed by atoms with Crippen LogP contribution in [-0.2, 0) is 11.2 Å². The number of benzene rings is 1. The molecule has 0 aliphatic carbocycles. The molecular weight excluding hydrogens is 228 g/mol. The maximum Gasteiger partial charge on any atom is 0.307 e. The Labute approximate surface area is 107 Å². The Morgan fingerprint density at radius 1 is 1.50 bits per heavy atom. The molecule has 2 aliphatic rings. The summed E-state index contributed by atoms with van der Waals surface area (Å²) in [6.07, 6.45) is 1.81. The molecule has 4 heteroatoms. The Bertz CT molecular complexity index is 487. The fourth-order valence-corrected chi connectivity index (χ4v) is 2.95. The summed E-state index contributed by atoms with van der Waals surface area (Å²) in [5, 5.41) is 12.3. The van der Waals surface area contributed by atoms with Crippen LogP contribution < -0.4 is 10.2 Å². The average molecular weight is 246 g/mol. The van der Waals surface area contributed by atoms with Gasteiger partial charge in [0.25, 0.3) is 0 Å². The number of nitrogens with one attached hydrogen (secondary N) is 1. The van der Waals surface area contributed by atoms with Gasteiger partial charge in [-0.05, 0) is 30.0 Å². The van der Waals surface area contributed by atoms with Crippen molar-refractivity contribution in [2.24, 2.45) is 5.92 Å². The summed E-state index contributed by atoms with van der Waals surface area (Å²) in [6.45, 7) is 1.65. The van der Waals surface area contributed by atoms with Gasteiger partial charge in [0.15, 0.2) is 0 Å². The van der Waals surface area contributed by atoms with Crippen molar-refractivity contribution in [3.63, 3.8) is 0 Å². The van der Waals surface area contributed by atoms with E-state index in [4.69, 9.17) is 5.11 Å². The number of likely N-dealkylation sites (N-methyl/N-ethyl adjacent to an activating group) is 1. The maximum atomic E-state index is 11.0. The number of hydrogen-bond acceptors (Lipinski definition) is 3. The summed E-state index contributed by atoms with van der Waals surface area (Å²) in [7, 11) is 2.11. The Morgan fingerprint density at radius 2 is 2.33 bits per heavy atom. The van der Waals surface area contributed by atoms with Crippen molar-refractivity contribution in [2.45, 2.75) is 18.9 Å². The van der Waals surface area contributed by atoms with Gasteiger partial charge in [-0.2, -0.15) is 0 Å². The SMILES string of the molecule is CN1CCc2ccc(C3CC(C(=O)O)CN3)cc21. The van der Waals surface area contributed by atoms with Gasteiger partial charge in [0.05, 0.1) is 5.92 Å². The molecule has 2 N–H and O–H groups in total. The van der Waals surface area contributed by atoms with Crippen LogP contribution in [0.4, 0.5) is 5.69 Å². The molecule has 0 radical (unpaired) electrons. The second-order valence-electron chi connectivity index (χ2n) is 5.29. The van der Waals surface area contributed by atoms with Gasteiger partial charge in [0.2, 0.25) is 0 Å². The topological polar surface area (TPSA) is 52.6 Å². The molecular formula is C14H18N2O2. The molecule has 1 saturated heterocycles. The highest BCUT2D eigenvalue weighted by atomic mass is 16.4. The maximum absolute atomic E-state index is 11.0. The molecule has 1 aromatic rings. The molecule has 2 aliphatic heterocycles. The average Bonchev–Trinajstić information content (AvgIpc) is 2.96. The Morgan fingerprint density at radius 3 is 3.06 bits per heavy atom. The minimum atomic E-state index is -0.691. The summed E-state index contributed by atoms with van der Waals surface area (Å²) in [4.78, 5) is 13.2. The van der Waals surface area contributed by atoms with Crippen molar-refractivity contribution in [3.05, 3.63) is 29.3 Å². The number of nitrogens with zero attached hydrogens (tertiary/aromatic N) is 1. The molecule has 2 atom stereocenters. The first kappa shape index (κ1) is 11.5. The summed E-state index contributed by atoms with van der Waals surface area (Å²) in [5.74, 6) is -0.940. The molecule has 1 aromatic carbocycles. The molecule has 3 rings (SSSR count). The van der Waals surface area contributed by atoms with E-state index in [0.717, 1.165) is 13.0 Å². The van der Waals surface area contributed by atoms with E-state index in [2.05, 4.69) is 35.5 Å². The third-order valence-electron chi connectivity index (χ3n) is 4.12. The molecule has 96 valence electrons. The molecule has 4 nitrogen and oxygen atoms in total. The molecule has 0 amide bonds. The zero-order valence-corrected chi connectivity index (χ0v) is 10.5. The van der Waals surface area contributed by atoms with E-state index in [1.165, 1.54) is 16.8 Å². The zero-order valence-electron chi connectivity index (χ0n) is 10.5. The lowest BCUT2D eigenvalue weighted by Crippen LogP contribution is -2.17. The molecule has 0 saturated carbocycles. The van der Waals surface area contributed by atoms with Gasteiger partial charge in [-0.3, -0.25) is 4.79 Å². The van der Waals surface area contributed by atoms with Crippen LogP contribution in [0.2, 0.25) is 0 Å². The fraction of sp³-hybridized carbons (Fsp3) is 0.500. The molecule has 0 aromatic heterocycles. The van der Waals surface area contributed by atoms with Gasteiger partial charge in [-0.1, -0.05) is 12.1 Å². The van der Waals surface area contributed by atoms with Crippen molar-refractivity contribution in [2.75, 3.05) is 25.0 Å². The van der Waals surface area contributed by atoms with Gasteiger partial charge < -0.3 is 15.3 Å². The number of carboxylic acid groups (broad SMARTS) is 1. The van der Waals surface area contributed by atoms with Gasteiger partial charge >= 0.3 is 5.97 Å². The third-order valence-corrected chi connectivity index (χ3v) is 4.12. The van der Waals surface area contributed by atoms with E-state index in [-0.39, 0.29) is 12.0 Å². The highest BCUT2D eigenvalue weighted by molar-refractivity contribution is 5.71. The molecule has 2 heterocycles. The fourth-order valence-electron chi connectivity index (χ4n) is 2.95. The lowest BCUT2D eigenvalue weighted by Gasteiger charge is -2.16. The van der Waals surface area contributed by atoms with Crippen LogP contribution in [0.25, 0.3) is 0 Å². The minimum Gasteiger partial charge on any atom is -0.481 e. The van der Waals surface area contributed by atoms with E-state index in [1.807, 2.05) is 0 Å². The largest absolute Gasteiger partial charge is 0.481 e. The second kappa shape index (κ2) is 4.28. The predicted octanol–water partition coefficient (Wildman–Crippen LogP) is 1.41. The van der Waals surface area contributed by atoms with E-state index in [1.54, 1.807) is 0 Å². The number of carbonyl (C=O) groups is 1. The smallest absolute Gasteiger partial charge is 0.307 e. The van der Waals surface area contributed by atoms with Crippen LogP contribution in [-0.4, -0.2) is 31.2 Å². The monoisotopic (exact) mass is 246 g/mol. The molecule has 0 spiro atoms. The summed E-state index contributed by atoms with van der Waals surface area (Å²) >= 11 is 0. The Balaban J connectivity index is 1.82. The summed E-state index contributed by atoms with van der Waals surface area (Å²) in [5.41, 5.74) is 3.91. The van der Waals surface area contributed by atoms with Crippen LogP contribution in [0.5, 0.6) is 0 Å². The number of hydrogen-bond donors (Lipinski definition) is 2. The number of rotatable bonds is 2. The van der Waals surface area contributed by atoms with E-state index < -0.39 is 5.97 Å². The summed E-state index contributed by atoms with van der Waals surface area (Å²) in [6, 6.07) is 6.72. The highest BCUT2D eigenvalue weighted by Gasteiger charge is 2.30. The zero-order chi connectivity index (χ0) is 12.7. The second-order valence-corrected chi connectivity index (χ2v) is 5.29. The summed E-state index contributed by atoms with van der Waals surface area (Å²) < 4.78 is 0. The van der Waals surface area contributed by atoms with E-state index in [0.29, 0.717) is 13.0 Å².